The van der Waals surface area contributed by atoms with Crippen molar-refractivity contribution >= 4 is 34.3 Å². The molecule has 0 saturated heterocycles. The van der Waals surface area contributed by atoms with Crippen molar-refractivity contribution in [3.63, 3.8) is 0 Å². The largest absolute Gasteiger partial charge is 0.494 e. The molecule has 1 fully saturated rings. The molecule has 0 spiro atoms. The SMILES string of the molecule is COc1cc(C(=O)NC[C@](O)(c2cc3c(c(-c4ccc(F)c(Cl)c4)n2)OC[C@]3(C)C(N)=O)C2CC2)cc2cc(C)cnc12. The maximum Gasteiger partial charge on any atom is 0.251 e. The molecule has 11 heteroatoms. The fourth-order valence-electron chi connectivity index (χ4n) is 5.58. The molecule has 2 aliphatic rings. The van der Waals surface area contributed by atoms with Crippen LogP contribution in [0.15, 0.2) is 48.7 Å². The minimum atomic E-state index is -1.59. The number of nitrogens with zero attached hydrogens (tertiary/aromatic N) is 2. The van der Waals surface area contributed by atoms with E-state index in [-0.39, 0.29) is 35.5 Å². The molecule has 222 valence electrons. The van der Waals surface area contributed by atoms with Crippen molar-refractivity contribution in [1.82, 2.24) is 15.3 Å². The Morgan fingerprint density at radius 2 is 2.02 bits per heavy atom. The summed E-state index contributed by atoms with van der Waals surface area (Å²) in [6.45, 7) is 3.38. The van der Waals surface area contributed by atoms with Gasteiger partial charge in [0.25, 0.3) is 5.91 Å². The number of carbonyl (C=O) groups is 2. The van der Waals surface area contributed by atoms with Gasteiger partial charge in [0.2, 0.25) is 5.91 Å². The van der Waals surface area contributed by atoms with Crippen molar-refractivity contribution in [1.29, 1.82) is 0 Å². The number of hydrogen-bond acceptors (Lipinski definition) is 7. The first-order valence-corrected chi connectivity index (χ1v) is 14.2. The molecule has 1 saturated carbocycles. The fraction of sp³-hybridized carbons (Fsp3) is 0.312. The van der Waals surface area contributed by atoms with Gasteiger partial charge in [-0.05, 0) is 80.6 Å². The molecule has 3 heterocycles. The first-order chi connectivity index (χ1) is 20.4. The minimum Gasteiger partial charge on any atom is -0.494 e. The van der Waals surface area contributed by atoms with Crippen LogP contribution in [0.2, 0.25) is 5.02 Å². The lowest BCUT2D eigenvalue weighted by Crippen LogP contribution is -2.44. The van der Waals surface area contributed by atoms with Crippen LogP contribution in [0.5, 0.6) is 11.5 Å². The van der Waals surface area contributed by atoms with Crippen LogP contribution in [-0.4, -0.2) is 47.2 Å². The Hall–Kier alpha value is -4.28. The third-order valence-electron chi connectivity index (χ3n) is 8.39. The molecule has 2 aromatic heterocycles. The van der Waals surface area contributed by atoms with Gasteiger partial charge < -0.3 is 25.6 Å². The Morgan fingerprint density at radius 1 is 1.26 bits per heavy atom. The topological polar surface area (TPSA) is 137 Å². The number of pyridine rings is 2. The van der Waals surface area contributed by atoms with Gasteiger partial charge in [-0.25, -0.2) is 9.37 Å². The van der Waals surface area contributed by atoms with Gasteiger partial charge in [0.1, 0.15) is 46.1 Å². The number of rotatable bonds is 8. The van der Waals surface area contributed by atoms with Gasteiger partial charge in [0.15, 0.2) is 0 Å². The van der Waals surface area contributed by atoms with Crippen LogP contribution in [0, 0.1) is 18.7 Å². The van der Waals surface area contributed by atoms with Crippen LogP contribution in [0.3, 0.4) is 0 Å². The zero-order valence-electron chi connectivity index (χ0n) is 23.8. The third-order valence-corrected chi connectivity index (χ3v) is 8.68. The Bertz CT molecular complexity index is 1810. The summed E-state index contributed by atoms with van der Waals surface area (Å²) < 4.78 is 25.5. The first kappa shape index (κ1) is 28.8. The number of halogens is 2. The van der Waals surface area contributed by atoms with E-state index in [2.05, 4.69) is 10.3 Å². The van der Waals surface area contributed by atoms with E-state index in [0.717, 1.165) is 10.9 Å². The predicted molar refractivity (Wildman–Crippen MR) is 159 cm³/mol. The maximum absolute atomic E-state index is 14.0. The molecule has 2 amide bonds. The number of aromatic nitrogens is 2. The van der Waals surface area contributed by atoms with Gasteiger partial charge in [0.05, 0.1) is 24.4 Å². The Kier molecular flexibility index (Phi) is 7.01. The molecule has 2 atom stereocenters. The molecule has 1 aliphatic carbocycles. The number of nitrogens with two attached hydrogens (primary N) is 1. The van der Waals surface area contributed by atoms with Gasteiger partial charge in [-0.15, -0.1) is 0 Å². The summed E-state index contributed by atoms with van der Waals surface area (Å²) in [4.78, 5) is 35.3. The maximum atomic E-state index is 14.0. The summed E-state index contributed by atoms with van der Waals surface area (Å²) >= 11 is 6.09. The van der Waals surface area contributed by atoms with E-state index in [1.807, 2.05) is 13.0 Å². The fourth-order valence-corrected chi connectivity index (χ4v) is 5.76. The molecule has 0 radical (unpaired) electrons. The monoisotopic (exact) mass is 604 g/mol. The molecule has 1 aliphatic heterocycles. The molecule has 4 aromatic rings. The number of methoxy groups -OCH3 is 1. The number of aryl methyl sites for hydroxylation is 1. The van der Waals surface area contributed by atoms with Crippen molar-refractivity contribution < 1.29 is 28.6 Å². The standard InChI is InChI=1S/C32H30ClFN4O5/c1-16-8-18-9-19(11-24(42-3)26(18)36-13-16)29(39)37-14-32(41,20-5-6-20)25-12-21-28(43-15-31(21,2)30(35)40)27(38-25)17-4-7-23(34)22(33)10-17/h4,7-13,20,41H,5-6,14-15H2,1-3H3,(H2,35,40)(H,37,39)/t31-,32+/m0/s1. The lowest BCUT2D eigenvalue weighted by Gasteiger charge is -2.30. The average molecular weight is 605 g/mol. The van der Waals surface area contributed by atoms with E-state index in [1.165, 1.54) is 25.3 Å². The Morgan fingerprint density at radius 3 is 2.70 bits per heavy atom. The van der Waals surface area contributed by atoms with E-state index in [9.17, 15) is 19.1 Å². The number of fused-ring (bicyclic) bond motifs is 2. The smallest absolute Gasteiger partial charge is 0.251 e. The molecule has 43 heavy (non-hydrogen) atoms. The second-order valence-corrected chi connectivity index (χ2v) is 11.9. The lowest BCUT2D eigenvalue weighted by molar-refractivity contribution is -0.123. The van der Waals surface area contributed by atoms with Gasteiger partial charge in [0, 0.05) is 28.3 Å². The highest BCUT2D eigenvalue weighted by Crippen LogP contribution is 2.50. The average Bonchev–Trinajstić information content (AvgIpc) is 3.79. The summed E-state index contributed by atoms with van der Waals surface area (Å²) in [7, 11) is 1.51. The molecular weight excluding hydrogens is 575 g/mol. The van der Waals surface area contributed by atoms with Crippen LogP contribution in [0.4, 0.5) is 4.39 Å². The van der Waals surface area contributed by atoms with Crippen molar-refractivity contribution in [3.8, 4) is 22.8 Å². The minimum absolute atomic E-state index is 0.0263. The highest BCUT2D eigenvalue weighted by Gasteiger charge is 2.50. The van der Waals surface area contributed by atoms with E-state index in [1.54, 1.807) is 31.3 Å². The number of benzene rings is 2. The van der Waals surface area contributed by atoms with E-state index < -0.39 is 28.6 Å². The molecule has 6 rings (SSSR count). The zero-order chi connectivity index (χ0) is 30.7. The summed E-state index contributed by atoms with van der Waals surface area (Å²) in [6, 6.07) is 11.0. The number of ether oxygens (including phenoxy) is 2. The number of nitrogens with one attached hydrogen (secondary N) is 1. The van der Waals surface area contributed by atoms with Crippen LogP contribution < -0.4 is 20.5 Å². The Balaban J connectivity index is 1.40. The van der Waals surface area contributed by atoms with Crippen LogP contribution in [0.25, 0.3) is 22.2 Å². The quantitative estimate of drug-likeness (QED) is 0.268. The number of carbonyl (C=O) groups excluding carboxylic acids is 2. The van der Waals surface area contributed by atoms with E-state index in [4.69, 9.17) is 31.8 Å². The van der Waals surface area contributed by atoms with Gasteiger partial charge >= 0.3 is 0 Å². The number of hydrogen-bond donors (Lipinski definition) is 3. The number of amides is 2. The van der Waals surface area contributed by atoms with Gasteiger partial charge in [-0.1, -0.05) is 11.6 Å². The summed E-state index contributed by atoms with van der Waals surface area (Å²) in [5.74, 6) is -1.07. The molecule has 0 bridgehead atoms. The highest BCUT2D eigenvalue weighted by atomic mass is 35.5. The molecule has 2 aromatic carbocycles. The Labute approximate surface area is 252 Å². The molecule has 4 N–H and O–H groups in total. The molecular formula is C32H30ClFN4O5. The van der Waals surface area contributed by atoms with Crippen molar-refractivity contribution in [2.45, 2.75) is 37.7 Å². The number of aliphatic hydroxyl groups is 1. The summed E-state index contributed by atoms with van der Waals surface area (Å²) in [5, 5.41) is 15.7. The molecule has 9 nitrogen and oxygen atoms in total. The van der Waals surface area contributed by atoms with Crippen LogP contribution >= 0.6 is 11.6 Å². The molecule has 0 unspecified atom stereocenters. The predicted octanol–water partition coefficient (Wildman–Crippen LogP) is 4.57. The van der Waals surface area contributed by atoms with E-state index in [0.29, 0.717) is 46.5 Å². The number of primary amides is 1. The first-order valence-electron chi connectivity index (χ1n) is 13.8. The third kappa shape index (κ3) is 4.94. The van der Waals surface area contributed by atoms with Gasteiger partial charge in [-0.3, -0.25) is 14.6 Å². The van der Waals surface area contributed by atoms with Crippen LogP contribution in [0.1, 0.15) is 46.9 Å². The van der Waals surface area contributed by atoms with E-state index >= 15 is 0 Å². The highest BCUT2D eigenvalue weighted by molar-refractivity contribution is 6.31. The second kappa shape index (κ2) is 10.5. The summed E-state index contributed by atoms with van der Waals surface area (Å²) in [5.41, 5.74) is 6.32. The van der Waals surface area contributed by atoms with Crippen molar-refractivity contribution in [2.24, 2.45) is 11.7 Å². The van der Waals surface area contributed by atoms with Crippen LogP contribution in [-0.2, 0) is 15.8 Å². The second-order valence-electron chi connectivity index (χ2n) is 11.5. The van der Waals surface area contributed by atoms with Crippen molar-refractivity contribution in [2.75, 3.05) is 20.3 Å². The zero-order valence-corrected chi connectivity index (χ0v) is 24.6. The summed E-state index contributed by atoms with van der Waals surface area (Å²) in [6.07, 6.45) is 3.15. The lowest BCUT2D eigenvalue weighted by atomic mass is 9.81. The van der Waals surface area contributed by atoms with Crippen molar-refractivity contribution in [3.05, 3.63) is 81.9 Å². The normalized spacial score (nSPS) is 18.9. The van der Waals surface area contributed by atoms with Gasteiger partial charge in [-0.2, -0.15) is 0 Å².